The summed E-state index contributed by atoms with van der Waals surface area (Å²) in [4.78, 5) is 2.67. The fourth-order valence-corrected chi connectivity index (χ4v) is 11.0. The minimum absolute atomic E-state index is 0. The number of rotatable bonds is 2. The molecule has 0 bridgehead atoms. The van der Waals surface area contributed by atoms with Gasteiger partial charge in [0.25, 0.3) is 0 Å². The lowest BCUT2D eigenvalue weighted by molar-refractivity contribution is -0.940. The molecule has 4 saturated carbocycles. The lowest BCUT2D eigenvalue weighted by Crippen LogP contribution is -3.00. The summed E-state index contributed by atoms with van der Waals surface area (Å²) in [5, 5.41) is 23.1. The predicted octanol–water partition coefficient (Wildman–Crippen LogP) is 1.83. The van der Waals surface area contributed by atoms with E-state index < -0.39 is 0 Å². The number of fused-ring (bicyclic) bond motifs is 5. The van der Waals surface area contributed by atoms with Crippen LogP contribution in [0.3, 0.4) is 0 Å². The minimum atomic E-state index is -0.124. The first-order chi connectivity index (χ1) is 16.3. The number of aliphatic hydroxyl groups is 2. The first kappa shape index (κ1) is 26.9. The Labute approximate surface area is 225 Å². The molecule has 0 spiro atoms. The van der Waals surface area contributed by atoms with Gasteiger partial charge in [-0.1, -0.05) is 20.3 Å². The summed E-state index contributed by atoms with van der Waals surface area (Å²) in [6, 6.07) is 0.835. The van der Waals surface area contributed by atoms with Crippen LogP contribution in [0, 0.1) is 34.5 Å². The number of hydrogen-bond donors (Lipinski definition) is 2. The molecule has 0 aromatic carbocycles. The number of hydrogen-bond acceptors (Lipinski definition) is 3. The highest BCUT2D eigenvalue weighted by molar-refractivity contribution is 5.13. The summed E-state index contributed by atoms with van der Waals surface area (Å²) < 4.78 is 1.13. The standard InChI is InChI=1S/C30H53N2O2.BrH/c1-29-13-12-23-22(24(29)19-26(28(29)34)32(3)16-8-5-9-17-32)11-10-21-18-27(33)25(20-30(21,23)2)31-14-6-4-7-15-31;/h21-28,33-34H,4-20H2,1-3H3;1H/q+1;/p-1/t21-,22?,23?,24?,25-,26-,27-,28+,29-,30-;/m0./s1. The molecule has 0 aromatic rings. The lowest BCUT2D eigenvalue weighted by Gasteiger charge is -2.62. The highest BCUT2D eigenvalue weighted by Gasteiger charge is 2.65. The molecule has 10 atom stereocenters. The van der Waals surface area contributed by atoms with E-state index in [4.69, 9.17) is 0 Å². The normalized spacial score (nSPS) is 52.0. The topological polar surface area (TPSA) is 43.7 Å². The van der Waals surface area contributed by atoms with Gasteiger partial charge in [0.05, 0.1) is 26.2 Å². The van der Waals surface area contributed by atoms with E-state index in [1.165, 1.54) is 103 Å². The molecule has 5 heteroatoms. The molecule has 0 amide bonds. The molecule has 2 N–H and O–H groups in total. The van der Waals surface area contributed by atoms with Crippen LogP contribution in [0.25, 0.3) is 0 Å². The number of nitrogens with zero attached hydrogens (tertiary/aromatic N) is 2. The molecule has 2 heterocycles. The molecule has 2 aliphatic heterocycles. The Morgan fingerprint density at radius 3 is 2.20 bits per heavy atom. The van der Waals surface area contributed by atoms with Gasteiger partial charge in [0.15, 0.2) is 0 Å². The molecular formula is C30H53BrN2O2. The van der Waals surface area contributed by atoms with Crippen LogP contribution in [-0.4, -0.2) is 77.1 Å². The van der Waals surface area contributed by atoms with Crippen LogP contribution in [0.1, 0.15) is 97.3 Å². The van der Waals surface area contributed by atoms with Crippen molar-refractivity contribution in [3.05, 3.63) is 0 Å². The van der Waals surface area contributed by atoms with E-state index in [1.54, 1.807) is 0 Å². The smallest absolute Gasteiger partial charge is 0.116 e. The molecule has 6 rings (SSSR count). The maximum Gasteiger partial charge on any atom is 0.116 e. The van der Waals surface area contributed by atoms with Crippen LogP contribution >= 0.6 is 0 Å². The van der Waals surface area contributed by atoms with Crippen LogP contribution in [0.15, 0.2) is 0 Å². The second-order valence-electron chi connectivity index (χ2n) is 14.6. The van der Waals surface area contributed by atoms with Crippen molar-refractivity contribution in [2.45, 2.75) is 122 Å². The van der Waals surface area contributed by atoms with Crippen LogP contribution in [0.2, 0.25) is 0 Å². The molecule has 202 valence electrons. The van der Waals surface area contributed by atoms with Crippen LogP contribution < -0.4 is 17.0 Å². The zero-order valence-electron chi connectivity index (χ0n) is 22.8. The van der Waals surface area contributed by atoms with Crippen LogP contribution in [0.4, 0.5) is 0 Å². The van der Waals surface area contributed by atoms with E-state index in [1.807, 2.05) is 0 Å². The van der Waals surface area contributed by atoms with Gasteiger partial charge < -0.3 is 31.7 Å². The van der Waals surface area contributed by atoms with Crippen molar-refractivity contribution in [3.63, 3.8) is 0 Å². The maximum absolute atomic E-state index is 11.8. The molecule has 0 radical (unpaired) electrons. The zero-order valence-corrected chi connectivity index (χ0v) is 24.4. The number of aliphatic hydroxyl groups excluding tert-OH is 2. The Bertz CT molecular complexity index is 753. The molecule has 6 fully saturated rings. The molecule has 2 saturated heterocycles. The van der Waals surface area contributed by atoms with Crippen LogP contribution in [-0.2, 0) is 0 Å². The fraction of sp³-hybridized carbons (Fsp3) is 1.00. The quantitative estimate of drug-likeness (QED) is 0.513. The maximum atomic E-state index is 11.8. The van der Waals surface area contributed by atoms with Crippen molar-refractivity contribution in [1.29, 1.82) is 0 Å². The van der Waals surface area contributed by atoms with Crippen LogP contribution in [0.5, 0.6) is 0 Å². The van der Waals surface area contributed by atoms with Gasteiger partial charge >= 0.3 is 0 Å². The zero-order chi connectivity index (χ0) is 23.7. The highest BCUT2D eigenvalue weighted by atomic mass is 79.9. The largest absolute Gasteiger partial charge is 1.00 e. The summed E-state index contributed by atoms with van der Waals surface area (Å²) in [6.45, 7) is 10.1. The summed E-state index contributed by atoms with van der Waals surface area (Å²) in [6.07, 6.45) is 16.5. The lowest BCUT2D eigenvalue weighted by atomic mass is 9.44. The predicted molar refractivity (Wildman–Crippen MR) is 137 cm³/mol. The summed E-state index contributed by atoms with van der Waals surface area (Å²) in [5.74, 6) is 2.97. The van der Waals surface area contributed by atoms with E-state index in [-0.39, 0.29) is 34.6 Å². The third-order valence-corrected chi connectivity index (χ3v) is 13.2. The monoisotopic (exact) mass is 552 g/mol. The van der Waals surface area contributed by atoms with E-state index in [9.17, 15) is 10.2 Å². The first-order valence-corrected chi connectivity index (χ1v) is 15.2. The fourth-order valence-electron chi connectivity index (χ4n) is 11.0. The van der Waals surface area contributed by atoms with Gasteiger partial charge in [-0.15, -0.1) is 0 Å². The van der Waals surface area contributed by atoms with Gasteiger partial charge in [0.2, 0.25) is 0 Å². The number of likely N-dealkylation sites (N-methyl/N-ethyl adjacent to an activating group) is 1. The third kappa shape index (κ3) is 4.21. The summed E-state index contributed by atoms with van der Waals surface area (Å²) in [5.41, 5.74) is 0.492. The van der Waals surface area contributed by atoms with E-state index in [0.717, 1.165) is 22.7 Å². The Morgan fingerprint density at radius 2 is 1.49 bits per heavy atom. The van der Waals surface area contributed by atoms with Gasteiger partial charge in [-0.3, -0.25) is 4.90 Å². The molecule has 0 aromatic heterocycles. The van der Waals surface area contributed by atoms with Crippen molar-refractivity contribution in [2.24, 2.45) is 34.5 Å². The van der Waals surface area contributed by atoms with Gasteiger partial charge in [-0.05, 0) is 113 Å². The first-order valence-electron chi connectivity index (χ1n) is 15.2. The molecule has 4 aliphatic carbocycles. The van der Waals surface area contributed by atoms with Crippen molar-refractivity contribution < 1.29 is 31.7 Å². The number of quaternary nitrogens is 1. The Morgan fingerprint density at radius 1 is 0.800 bits per heavy atom. The Hall–Kier alpha value is 0.320. The van der Waals surface area contributed by atoms with Gasteiger partial charge in [-0.25, -0.2) is 0 Å². The summed E-state index contributed by atoms with van der Waals surface area (Å²) >= 11 is 0. The average molecular weight is 554 g/mol. The Balaban J connectivity index is 0.00000253. The van der Waals surface area contributed by atoms with Crippen molar-refractivity contribution in [3.8, 4) is 0 Å². The number of halogens is 1. The van der Waals surface area contributed by atoms with Crippen molar-refractivity contribution in [2.75, 3.05) is 33.2 Å². The minimum Gasteiger partial charge on any atom is -1.00 e. The molecule has 3 unspecified atom stereocenters. The summed E-state index contributed by atoms with van der Waals surface area (Å²) in [7, 11) is 2.47. The third-order valence-electron chi connectivity index (χ3n) is 13.2. The van der Waals surface area contributed by atoms with E-state index >= 15 is 0 Å². The molecule has 35 heavy (non-hydrogen) atoms. The van der Waals surface area contributed by atoms with E-state index in [2.05, 4.69) is 25.8 Å². The second kappa shape index (κ2) is 9.81. The van der Waals surface area contributed by atoms with E-state index in [0.29, 0.717) is 29.3 Å². The average Bonchev–Trinajstić information content (AvgIpc) is 3.12. The number of likely N-dealkylation sites (tertiary alicyclic amines) is 2. The van der Waals surface area contributed by atoms with Gasteiger partial charge in [0, 0.05) is 17.9 Å². The molecule has 6 aliphatic rings. The van der Waals surface area contributed by atoms with Gasteiger partial charge in [-0.2, -0.15) is 0 Å². The number of piperidine rings is 2. The van der Waals surface area contributed by atoms with Crippen molar-refractivity contribution in [1.82, 2.24) is 4.90 Å². The Kier molecular flexibility index (Phi) is 7.54. The molecule has 4 nitrogen and oxygen atoms in total. The van der Waals surface area contributed by atoms with Crippen molar-refractivity contribution >= 4 is 0 Å². The highest BCUT2D eigenvalue weighted by Crippen LogP contribution is 2.67. The van der Waals surface area contributed by atoms with Gasteiger partial charge in [0.1, 0.15) is 12.1 Å². The second-order valence-corrected chi connectivity index (χ2v) is 14.6. The SMILES string of the molecule is C[C@]12CCC3C(CC[C@H]4C[C@H](O)[C@@H](N5CCCCC5)C[C@]34C)C1C[C@H]([N+]1(C)CCCCC1)[C@H]2O.[Br-]. The molecular weight excluding hydrogens is 500 g/mol.